The number of carbonyl (C=O) groups is 1. The number of rotatable bonds is 4. The van der Waals surface area contributed by atoms with Gasteiger partial charge in [-0.15, -0.1) is 0 Å². The molecule has 0 aliphatic carbocycles. The highest BCUT2D eigenvalue weighted by molar-refractivity contribution is 5.95. The molecule has 0 aliphatic heterocycles. The molecule has 1 aromatic carbocycles. The number of carboxylic acids is 1. The van der Waals surface area contributed by atoms with Gasteiger partial charge >= 0.3 is 5.97 Å². The van der Waals surface area contributed by atoms with E-state index in [9.17, 15) is 4.79 Å². The van der Waals surface area contributed by atoms with Gasteiger partial charge in [0.2, 0.25) is 0 Å². The fourth-order valence-electron chi connectivity index (χ4n) is 1.46. The van der Waals surface area contributed by atoms with Crippen LogP contribution in [0.3, 0.4) is 0 Å². The summed E-state index contributed by atoms with van der Waals surface area (Å²) < 4.78 is 0. The Morgan fingerprint density at radius 1 is 1.50 bits per heavy atom. The number of carboxylic acid groups (broad SMARTS) is 1. The summed E-state index contributed by atoms with van der Waals surface area (Å²) in [5.74, 6) is -1.04. The molecule has 0 aliphatic rings. The quantitative estimate of drug-likeness (QED) is 0.655. The second-order valence-electron chi connectivity index (χ2n) is 3.67. The molecule has 0 radical (unpaired) electrons. The van der Waals surface area contributed by atoms with Crippen LogP contribution < -0.4 is 10.6 Å². The second-order valence-corrected chi connectivity index (χ2v) is 3.67. The molecule has 0 heterocycles. The van der Waals surface area contributed by atoms with Crippen molar-refractivity contribution in [2.75, 3.05) is 30.8 Å². The van der Waals surface area contributed by atoms with Crippen molar-refractivity contribution in [2.24, 2.45) is 0 Å². The lowest BCUT2D eigenvalue weighted by Gasteiger charge is -2.20. The zero-order chi connectivity index (χ0) is 12.3. The predicted molar refractivity (Wildman–Crippen MR) is 62.9 cm³/mol. The Kier molecular flexibility index (Phi) is 3.73. The molecule has 0 unspecified atom stereocenters. The van der Waals surface area contributed by atoms with E-state index < -0.39 is 5.97 Å². The maximum atomic E-state index is 11.0. The lowest BCUT2D eigenvalue weighted by molar-refractivity contribution is 0.0698. The number of aliphatic hydroxyl groups excluding tert-OH is 1. The number of nitrogens with zero attached hydrogens (tertiary/aromatic N) is 1. The molecule has 0 fully saturated rings. The van der Waals surface area contributed by atoms with Gasteiger partial charge in [-0.2, -0.15) is 0 Å². The van der Waals surface area contributed by atoms with Gasteiger partial charge in [0.1, 0.15) is 0 Å². The monoisotopic (exact) mass is 224 g/mol. The van der Waals surface area contributed by atoms with E-state index in [1.807, 2.05) is 0 Å². The van der Waals surface area contributed by atoms with Crippen LogP contribution in [0.2, 0.25) is 0 Å². The number of aliphatic hydroxyl groups is 1. The standard InChI is InChI=1S/C11H16N2O3/c1-7-5-8(13(2)3-4-14)6-9(10(7)12)11(15)16/h5-6,14H,3-4,12H2,1-2H3,(H,15,16). The Bertz CT molecular complexity index is 404. The van der Waals surface area contributed by atoms with Crippen LogP contribution in [0.1, 0.15) is 15.9 Å². The Labute approximate surface area is 94.1 Å². The summed E-state index contributed by atoms with van der Waals surface area (Å²) in [6.45, 7) is 2.23. The average molecular weight is 224 g/mol. The molecule has 1 rings (SSSR count). The Morgan fingerprint density at radius 2 is 2.12 bits per heavy atom. The molecule has 0 aromatic heterocycles. The van der Waals surface area contributed by atoms with Crippen molar-refractivity contribution in [3.8, 4) is 0 Å². The van der Waals surface area contributed by atoms with E-state index in [2.05, 4.69) is 0 Å². The highest BCUT2D eigenvalue weighted by Gasteiger charge is 2.13. The molecule has 4 N–H and O–H groups in total. The third-order valence-corrected chi connectivity index (χ3v) is 2.48. The zero-order valence-corrected chi connectivity index (χ0v) is 9.40. The number of benzene rings is 1. The summed E-state index contributed by atoms with van der Waals surface area (Å²) in [4.78, 5) is 12.7. The minimum atomic E-state index is -1.04. The molecule has 5 heteroatoms. The van der Waals surface area contributed by atoms with Crippen LogP contribution in [0, 0.1) is 6.92 Å². The number of hydrogen-bond donors (Lipinski definition) is 3. The normalized spacial score (nSPS) is 10.2. The number of nitrogens with two attached hydrogens (primary N) is 1. The van der Waals surface area contributed by atoms with Gasteiger partial charge in [-0.3, -0.25) is 0 Å². The third kappa shape index (κ3) is 2.43. The summed E-state index contributed by atoms with van der Waals surface area (Å²) in [7, 11) is 1.78. The summed E-state index contributed by atoms with van der Waals surface area (Å²) in [5.41, 5.74) is 7.52. The molecule has 0 spiro atoms. The molecule has 5 nitrogen and oxygen atoms in total. The second kappa shape index (κ2) is 4.85. The van der Waals surface area contributed by atoms with Crippen LogP contribution in [0.4, 0.5) is 11.4 Å². The van der Waals surface area contributed by atoms with E-state index in [1.54, 1.807) is 24.9 Å². The first-order valence-electron chi connectivity index (χ1n) is 4.92. The minimum Gasteiger partial charge on any atom is -0.478 e. The summed E-state index contributed by atoms with van der Waals surface area (Å²) in [6, 6.07) is 3.32. The third-order valence-electron chi connectivity index (χ3n) is 2.48. The molecule has 0 saturated carbocycles. The summed E-state index contributed by atoms with van der Waals surface area (Å²) >= 11 is 0. The number of aromatic carboxylic acids is 1. The van der Waals surface area contributed by atoms with Crippen molar-refractivity contribution in [3.63, 3.8) is 0 Å². The van der Waals surface area contributed by atoms with Crippen LogP contribution in [-0.2, 0) is 0 Å². The average Bonchev–Trinajstić information content (AvgIpc) is 2.21. The van der Waals surface area contributed by atoms with E-state index in [-0.39, 0.29) is 17.9 Å². The van der Waals surface area contributed by atoms with Gasteiger partial charge in [-0.1, -0.05) is 0 Å². The van der Waals surface area contributed by atoms with E-state index in [0.717, 1.165) is 11.3 Å². The van der Waals surface area contributed by atoms with Crippen molar-refractivity contribution in [1.29, 1.82) is 0 Å². The van der Waals surface area contributed by atoms with Crippen molar-refractivity contribution in [3.05, 3.63) is 23.3 Å². The van der Waals surface area contributed by atoms with Crippen LogP contribution in [-0.4, -0.2) is 36.4 Å². The van der Waals surface area contributed by atoms with Gasteiger partial charge in [0.05, 0.1) is 12.2 Å². The zero-order valence-electron chi connectivity index (χ0n) is 9.40. The van der Waals surface area contributed by atoms with Crippen molar-refractivity contribution in [1.82, 2.24) is 0 Å². The molecular formula is C11H16N2O3. The molecule has 0 bridgehead atoms. The van der Waals surface area contributed by atoms with Crippen molar-refractivity contribution >= 4 is 17.3 Å². The van der Waals surface area contributed by atoms with Crippen LogP contribution in [0.5, 0.6) is 0 Å². The number of likely N-dealkylation sites (N-methyl/N-ethyl adjacent to an activating group) is 1. The van der Waals surface area contributed by atoms with Gasteiger partial charge in [0.15, 0.2) is 0 Å². The van der Waals surface area contributed by atoms with Gasteiger partial charge in [0, 0.05) is 25.0 Å². The van der Waals surface area contributed by atoms with Crippen molar-refractivity contribution < 1.29 is 15.0 Å². The number of anilines is 2. The maximum Gasteiger partial charge on any atom is 0.337 e. The predicted octanol–water partition coefficient (Wildman–Crippen LogP) is 0.704. The van der Waals surface area contributed by atoms with Crippen molar-refractivity contribution in [2.45, 2.75) is 6.92 Å². The lowest BCUT2D eigenvalue weighted by Crippen LogP contribution is -2.22. The van der Waals surface area contributed by atoms with Crippen LogP contribution in [0.25, 0.3) is 0 Å². The molecule has 0 saturated heterocycles. The first kappa shape index (κ1) is 12.3. The number of nitrogen functional groups attached to an aromatic ring is 1. The SMILES string of the molecule is Cc1cc(N(C)CCO)cc(C(=O)O)c1N. The fourth-order valence-corrected chi connectivity index (χ4v) is 1.46. The van der Waals surface area contributed by atoms with Gasteiger partial charge in [-0.25, -0.2) is 4.79 Å². The largest absolute Gasteiger partial charge is 0.478 e. The highest BCUT2D eigenvalue weighted by Crippen LogP contribution is 2.24. The smallest absolute Gasteiger partial charge is 0.337 e. The number of aryl methyl sites for hydroxylation is 1. The molecular weight excluding hydrogens is 208 g/mol. The Morgan fingerprint density at radius 3 is 2.62 bits per heavy atom. The fraction of sp³-hybridized carbons (Fsp3) is 0.364. The molecule has 1 aromatic rings. The van der Waals surface area contributed by atoms with E-state index in [1.165, 1.54) is 6.07 Å². The minimum absolute atomic E-state index is 0.0162. The molecule has 16 heavy (non-hydrogen) atoms. The van der Waals surface area contributed by atoms with E-state index in [4.69, 9.17) is 15.9 Å². The highest BCUT2D eigenvalue weighted by atomic mass is 16.4. The van der Waals surface area contributed by atoms with Gasteiger partial charge < -0.3 is 20.8 Å². The Balaban J connectivity index is 3.18. The first-order chi connectivity index (χ1) is 7.47. The van der Waals surface area contributed by atoms with E-state index in [0.29, 0.717) is 6.54 Å². The van der Waals surface area contributed by atoms with E-state index >= 15 is 0 Å². The molecule has 0 atom stereocenters. The molecule has 0 amide bonds. The number of hydrogen-bond acceptors (Lipinski definition) is 4. The summed E-state index contributed by atoms with van der Waals surface area (Å²) in [5, 5.41) is 17.8. The molecule has 88 valence electrons. The van der Waals surface area contributed by atoms with Crippen LogP contribution >= 0.6 is 0 Å². The van der Waals surface area contributed by atoms with Crippen LogP contribution in [0.15, 0.2) is 12.1 Å². The van der Waals surface area contributed by atoms with Gasteiger partial charge in [0.25, 0.3) is 0 Å². The van der Waals surface area contributed by atoms with Gasteiger partial charge in [-0.05, 0) is 24.6 Å². The first-order valence-corrected chi connectivity index (χ1v) is 4.92. The topological polar surface area (TPSA) is 86.8 Å². The maximum absolute atomic E-state index is 11.0. The summed E-state index contributed by atoms with van der Waals surface area (Å²) in [6.07, 6.45) is 0. The lowest BCUT2D eigenvalue weighted by atomic mass is 10.1. The Hall–Kier alpha value is -1.75.